The summed E-state index contributed by atoms with van der Waals surface area (Å²) in [6.07, 6.45) is 2.73. The first kappa shape index (κ1) is 14.5. The largest absolute Gasteiger partial charge is 0.289 e. The first-order valence-electron chi connectivity index (χ1n) is 7.45. The van der Waals surface area contributed by atoms with Crippen LogP contribution < -0.4 is 0 Å². The first-order chi connectivity index (χ1) is 9.71. The van der Waals surface area contributed by atoms with Crippen LogP contribution in [0.3, 0.4) is 0 Å². The molecule has 0 saturated carbocycles. The summed E-state index contributed by atoms with van der Waals surface area (Å²) in [6.45, 7) is 6.31. The van der Waals surface area contributed by atoms with Gasteiger partial charge in [0.15, 0.2) is 5.78 Å². The Balaban J connectivity index is 2.52. The van der Waals surface area contributed by atoms with Crippen molar-refractivity contribution in [1.82, 2.24) is 0 Å². The predicted octanol–water partition coefficient (Wildman–Crippen LogP) is 4.60. The van der Waals surface area contributed by atoms with Crippen molar-refractivity contribution in [3.63, 3.8) is 0 Å². The number of carbonyl (C=O) groups excluding carboxylic acids is 1. The average Bonchev–Trinajstić information content (AvgIpc) is 2.53. The van der Waals surface area contributed by atoms with Gasteiger partial charge in [-0.2, -0.15) is 0 Å². The molecular formula is C19H22O. The highest BCUT2D eigenvalue weighted by Crippen LogP contribution is 2.20. The fourth-order valence-electron chi connectivity index (χ4n) is 2.56. The molecule has 20 heavy (non-hydrogen) atoms. The van der Waals surface area contributed by atoms with E-state index < -0.39 is 0 Å². The van der Waals surface area contributed by atoms with Crippen molar-refractivity contribution < 1.29 is 4.79 Å². The second kappa shape index (κ2) is 6.51. The topological polar surface area (TPSA) is 17.1 Å². The Labute approximate surface area is 121 Å². The third-order valence-corrected chi connectivity index (χ3v) is 3.85. The van der Waals surface area contributed by atoms with Gasteiger partial charge in [-0.1, -0.05) is 57.2 Å². The molecule has 0 atom stereocenters. The normalized spacial score (nSPS) is 10.6. The molecule has 0 N–H and O–H groups in total. The summed E-state index contributed by atoms with van der Waals surface area (Å²) in [7, 11) is 0. The van der Waals surface area contributed by atoms with Crippen molar-refractivity contribution in [3.05, 3.63) is 70.3 Å². The van der Waals surface area contributed by atoms with E-state index >= 15 is 0 Å². The number of aryl methyl sites for hydroxylation is 3. The zero-order valence-corrected chi connectivity index (χ0v) is 12.6. The van der Waals surface area contributed by atoms with E-state index in [0.717, 1.165) is 41.5 Å². The molecule has 2 aromatic carbocycles. The van der Waals surface area contributed by atoms with Crippen molar-refractivity contribution in [2.45, 2.75) is 40.0 Å². The molecule has 0 amide bonds. The lowest BCUT2D eigenvalue weighted by molar-refractivity contribution is 0.103. The Kier molecular flexibility index (Phi) is 4.73. The molecule has 0 heterocycles. The van der Waals surface area contributed by atoms with Crippen LogP contribution in [0.25, 0.3) is 0 Å². The van der Waals surface area contributed by atoms with Crippen LogP contribution >= 0.6 is 0 Å². The molecular weight excluding hydrogens is 244 g/mol. The second-order valence-corrected chi connectivity index (χ2v) is 5.04. The molecule has 0 spiro atoms. The number of hydrogen-bond acceptors (Lipinski definition) is 1. The summed E-state index contributed by atoms with van der Waals surface area (Å²) < 4.78 is 0. The van der Waals surface area contributed by atoms with Crippen molar-refractivity contribution in [1.29, 1.82) is 0 Å². The van der Waals surface area contributed by atoms with E-state index in [1.54, 1.807) is 0 Å². The molecule has 0 aromatic heterocycles. The van der Waals surface area contributed by atoms with Gasteiger partial charge in [-0.05, 0) is 42.0 Å². The summed E-state index contributed by atoms with van der Waals surface area (Å²) in [5.74, 6) is 0.162. The van der Waals surface area contributed by atoms with E-state index in [1.807, 2.05) is 24.3 Å². The van der Waals surface area contributed by atoms with E-state index in [2.05, 4.69) is 39.0 Å². The molecule has 0 fully saturated rings. The molecule has 104 valence electrons. The van der Waals surface area contributed by atoms with E-state index in [9.17, 15) is 4.79 Å². The monoisotopic (exact) mass is 266 g/mol. The molecule has 0 aliphatic heterocycles. The Morgan fingerprint density at radius 2 is 1.45 bits per heavy atom. The number of rotatable bonds is 5. The van der Waals surface area contributed by atoms with Gasteiger partial charge in [-0.15, -0.1) is 0 Å². The molecule has 0 bridgehead atoms. The Hall–Kier alpha value is -1.89. The van der Waals surface area contributed by atoms with Crippen molar-refractivity contribution in [2.75, 3.05) is 0 Å². The molecule has 2 rings (SSSR count). The average molecular weight is 266 g/mol. The van der Waals surface area contributed by atoms with Gasteiger partial charge in [0.25, 0.3) is 0 Å². The Morgan fingerprint density at radius 3 is 2.10 bits per heavy atom. The Bertz CT molecular complexity index is 611. The van der Waals surface area contributed by atoms with Crippen LogP contribution in [0.15, 0.2) is 42.5 Å². The van der Waals surface area contributed by atoms with Crippen molar-refractivity contribution in [2.24, 2.45) is 0 Å². The van der Waals surface area contributed by atoms with Gasteiger partial charge in [0, 0.05) is 11.1 Å². The maximum absolute atomic E-state index is 12.9. The summed E-state index contributed by atoms with van der Waals surface area (Å²) >= 11 is 0. The van der Waals surface area contributed by atoms with Crippen LogP contribution in [0.1, 0.15) is 53.4 Å². The van der Waals surface area contributed by atoms with Gasteiger partial charge in [0.2, 0.25) is 0 Å². The van der Waals surface area contributed by atoms with Crippen LogP contribution in [-0.4, -0.2) is 5.78 Å². The van der Waals surface area contributed by atoms with Crippen molar-refractivity contribution >= 4 is 5.78 Å². The van der Waals surface area contributed by atoms with E-state index in [4.69, 9.17) is 0 Å². The number of hydrogen-bond donors (Lipinski definition) is 0. The van der Waals surface area contributed by atoms with Gasteiger partial charge in [-0.3, -0.25) is 4.79 Å². The van der Waals surface area contributed by atoms with Crippen molar-refractivity contribution in [3.8, 4) is 0 Å². The number of ketones is 1. The molecule has 1 heteroatoms. The molecule has 0 aliphatic rings. The Morgan fingerprint density at radius 1 is 0.800 bits per heavy atom. The second-order valence-electron chi connectivity index (χ2n) is 5.04. The van der Waals surface area contributed by atoms with E-state index in [-0.39, 0.29) is 5.78 Å². The third-order valence-electron chi connectivity index (χ3n) is 3.85. The lowest BCUT2D eigenvalue weighted by atomic mass is 9.91. The lowest BCUT2D eigenvalue weighted by Crippen LogP contribution is -2.08. The SMILES string of the molecule is CCc1ccc(CC)c(C(=O)c2ccccc2CC)c1. The third kappa shape index (κ3) is 2.82. The minimum Gasteiger partial charge on any atom is -0.289 e. The minimum atomic E-state index is 0.162. The van der Waals surface area contributed by atoms with Crippen LogP contribution in [0.4, 0.5) is 0 Å². The maximum atomic E-state index is 12.9. The molecule has 0 saturated heterocycles. The van der Waals surface area contributed by atoms with E-state index in [1.165, 1.54) is 5.56 Å². The zero-order valence-electron chi connectivity index (χ0n) is 12.6. The highest BCUT2D eigenvalue weighted by atomic mass is 16.1. The lowest BCUT2D eigenvalue weighted by Gasteiger charge is -2.11. The van der Waals surface area contributed by atoms with Gasteiger partial charge in [0.1, 0.15) is 0 Å². The smallest absolute Gasteiger partial charge is 0.193 e. The first-order valence-corrected chi connectivity index (χ1v) is 7.45. The van der Waals surface area contributed by atoms with Gasteiger partial charge >= 0.3 is 0 Å². The number of carbonyl (C=O) groups is 1. The molecule has 1 nitrogen and oxygen atoms in total. The van der Waals surface area contributed by atoms with Crippen LogP contribution in [0, 0.1) is 0 Å². The predicted molar refractivity (Wildman–Crippen MR) is 84.5 cm³/mol. The van der Waals surface area contributed by atoms with Crippen LogP contribution in [0.2, 0.25) is 0 Å². The minimum absolute atomic E-state index is 0.162. The highest BCUT2D eigenvalue weighted by Gasteiger charge is 2.15. The zero-order chi connectivity index (χ0) is 14.5. The summed E-state index contributed by atoms with van der Waals surface area (Å²) in [4.78, 5) is 12.9. The van der Waals surface area contributed by atoms with Gasteiger partial charge in [0.05, 0.1) is 0 Å². The van der Waals surface area contributed by atoms with Crippen LogP contribution in [-0.2, 0) is 19.3 Å². The van der Waals surface area contributed by atoms with Gasteiger partial charge in [-0.25, -0.2) is 0 Å². The fraction of sp³-hybridized carbons (Fsp3) is 0.316. The summed E-state index contributed by atoms with van der Waals surface area (Å²) in [5.41, 5.74) is 5.20. The quantitative estimate of drug-likeness (QED) is 0.723. The summed E-state index contributed by atoms with van der Waals surface area (Å²) in [5, 5.41) is 0. The summed E-state index contributed by atoms with van der Waals surface area (Å²) in [6, 6.07) is 14.2. The standard InChI is InChI=1S/C19H22O/c1-4-14-11-12-16(6-3)18(13-14)19(20)17-10-8-7-9-15(17)5-2/h7-13H,4-6H2,1-3H3. The fourth-order valence-corrected chi connectivity index (χ4v) is 2.56. The van der Waals surface area contributed by atoms with E-state index in [0.29, 0.717) is 0 Å². The highest BCUT2D eigenvalue weighted by molar-refractivity contribution is 6.10. The molecule has 0 unspecified atom stereocenters. The number of benzene rings is 2. The molecule has 0 radical (unpaired) electrons. The molecule has 0 aliphatic carbocycles. The van der Waals surface area contributed by atoms with Crippen LogP contribution in [0.5, 0.6) is 0 Å². The molecule has 2 aromatic rings. The maximum Gasteiger partial charge on any atom is 0.193 e. The van der Waals surface area contributed by atoms with Gasteiger partial charge < -0.3 is 0 Å².